The fraction of sp³-hybridized carbons (Fsp3) is 0.333. The summed E-state index contributed by atoms with van der Waals surface area (Å²) in [6, 6.07) is 2.44. The first-order valence-corrected chi connectivity index (χ1v) is 9.04. The second-order valence-corrected chi connectivity index (χ2v) is 7.07. The molecule has 0 saturated heterocycles. The largest absolute Gasteiger partial charge is 0.379 e. The molecule has 0 aliphatic heterocycles. The Hall–Kier alpha value is -2.39. The minimum absolute atomic E-state index is 0.196. The normalized spacial score (nSPS) is 13.6. The van der Waals surface area contributed by atoms with Crippen molar-refractivity contribution in [1.82, 2.24) is 24.8 Å². The van der Waals surface area contributed by atoms with E-state index in [1.807, 2.05) is 6.92 Å². The number of imidazole rings is 1. The number of carbonyl (C=O) groups excluding carboxylic acids is 1. The molecular weight excluding hydrogens is 417 g/mol. The summed E-state index contributed by atoms with van der Waals surface area (Å²) in [6.07, 6.45) is 2.57. The maximum Gasteiger partial charge on any atom is 0.272 e. The fourth-order valence-corrected chi connectivity index (χ4v) is 3.07. The second-order valence-electron chi connectivity index (χ2n) is 6.22. The van der Waals surface area contributed by atoms with E-state index in [2.05, 4.69) is 36.2 Å². The van der Waals surface area contributed by atoms with Gasteiger partial charge in [-0.3, -0.25) is 9.78 Å². The van der Waals surface area contributed by atoms with Crippen molar-refractivity contribution >= 4 is 32.9 Å². The van der Waals surface area contributed by atoms with E-state index in [1.54, 1.807) is 31.7 Å². The Morgan fingerprint density at radius 2 is 2.07 bits per heavy atom. The number of nitrogens with one attached hydrogen (secondary N) is 1. The molecule has 1 aromatic carbocycles. The highest BCUT2D eigenvalue weighted by Crippen LogP contribution is 2.27. The van der Waals surface area contributed by atoms with Crippen LogP contribution in [0.15, 0.2) is 29.0 Å². The molecule has 0 bridgehead atoms. The molecular formula is C18H19BrFN5O2. The van der Waals surface area contributed by atoms with E-state index in [-0.39, 0.29) is 17.6 Å². The lowest BCUT2D eigenvalue weighted by molar-refractivity contribution is 0.0669. The number of benzene rings is 1. The highest BCUT2D eigenvalue weighted by Gasteiger charge is 2.27. The van der Waals surface area contributed by atoms with E-state index in [4.69, 9.17) is 4.74 Å². The summed E-state index contributed by atoms with van der Waals surface area (Å²) < 4.78 is 21.4. The molecule has 7 nitrogen and oxygen atoms in total. The van der Waals surface area contributed by atoms with Crippen molar-refractivity contribution < 1.29 is 13.9 Å². The van der Waals surface area contributed by atoms with Crippen molar-refractivity contribution in [3.05, 3.63) is 52.0 Å². The molecule has 9 heteroatoms. The summed E-state index contributed by atoms with van der Waals surface area (Å²) in [4.78, 5) is 25.4. The standard InChI is InChI=1S/C18H19BrFN5O2/c1-9-7-22-14(8-21-9)18(26)24-16(10(2)27-4)17-23-13-5-11(19)12(20)6-15(13)25(17)3/h5-8,10,16H,1-4H3,(H,24,26)/t10-,16+/m1/s1. The Labute approximate surface area is 164 Å². The van der Waals surface area contributed by atoms with Crippen LogP contribution in [0.4, 0.5) is 4.39 Å². The van der Waals surface area contributed by atoms with Gasteiger partial charge in [0.05, 0.1) is 33.5 Å². The van der Waals surface area contributed by atoms with E-state index in [0.29, 0.717) is 21.3 Å². The Morgan fingerprint density at radius 3 is 2.70 bits per heavy atom. The third kappa shape index (κ3) is 3.84. The first-order valence-electron chi connectivity index (χ1n) is 8.25. The van der Waals surface area contributed by atoms with Crippen molar-refractivity contribution in [3.8, 4) is 0 Å². The summed E-state index contributed by atoms with van der Waals surface area (Å²) in [5.74, 6) is -0.228. The molecule has 27 heavy (non-hydrogen) atoms. The molecule has 3 rings (SSSR count). The molecule has 2 heterocycles. The zero-order chi connectivity index (χ0) is 19.7. The van der Waals surface area contributed by atoms with Gasteiger partial charge in [0, 0.05) is 26.4 Å². The molecule has 0 aliphatic carbocycles. The number of halogens is 2. The number of rotatable bonds is 5. The first-order chi connectivity index (χ1) is 12.8. The van der Waals surface area contributed by atoms with Crippen molar-refractivity contribution in [2.45, 2.75) is 26.0 Å². The molecule has 0 fully saturated rings. The van der Waals surface area contributed by atoms with Gasteiger partial charge in [-0.25, -0.2) is 14.4 Å². The molecule has 0 aliphatic rings. The van der Waals surface area contributed by atoms with Gasteiger partial charge in [-0.1, -0.05) is 0 Å². The quantitative estimate of drug-likeness (QED) is 0.665. The molecule has 0 radical (unpaired) electrons. The van der Waals surface area contributed by atoms with Crippen molar-refractivity contribution in [2.75, 3.05) is 7.11 Å². The van der Waals surface area contributed by atoms with E-state index in [9.17, 15) is 9.18 Å². The van der Waals surface area contributed by atoms with Gasteiger partial charge >= 0.3 is 0 Å². The van der Waals surface area contributed by atoms with Crippen LogP contribution in [0.1, 0.15) is 35.0 Å². The number of aromatic nitrogens is 4. The fourth-order valence-electron chi connectivity index (χ4n) is 2.74. The molecule has 0 spiro atoms. The van der Waals surface area contributed by atoms with E-state index in [0.717, 1.165) is 5.69 Å². The summed E-state index contributed by atoms with van der Waals surface area (Å²) in [5.41, 5.74) is 2.14. The molecule has 2 atom stereocenters. The predicted molar refractivity (Wildman–Crippen MR) is 102 cm³/mol. The minimum atomic E-state index is -0.565. The van der Waals surface area contributed by atoms with Crippen LogP contribution in [0.3, 0.4) is 0 Å². The topological polar surface area (TPSA) is 81.9 Å². The Bertz CT molecular complexity index is 990. The minimum Gasteiger partial charge on any atom is -0.379 e. The smallest absolute Gasteiger partial charge is 0.272 e. The van der Waals surface area contributed by atoms with Gasteiger partial charge in [-0.2, -0.15) is 0 Å². The number of hydrogen-bond donors (Lipinski definition) is 1. The van der Waals surface area contributed by atoms with Crippen LogP contribution in [0, 0.1) is 12.7 Å². The highest BCUT2D eigenvalue weighted by molar-refractivity contribution is 9.10. The van der Waals surface area contributed by atoms with E-state index in [1.165, 1.54) is 18.5 Å². The number of fused-ring (bicyclic) bond motifs is 1. The Kier molecular flexibility index (Phi) is 5.52. The van der Waals surface area contributed by atoms with Gasteiger partial charge in [0.25, 0.3) is 5.91 Å². The van der Waals surface area contributed by atoms with Gasteiger partial charge in [0.1, 0.15) is 23.4 Å². The van der Waals surface area contributed by atoms with Crippen LogP contribution in [-0.2, 0) is 11.8 Å². The van der Waals surface area contributed by atoms with E-state index < -0.39 is 11.9 Å². The zero-order valence-corrected chi connectivity index (χ0v) is 16.9. The second kappa shape index (κ2) is 7.69. The summed E-state index contributed by atoms with van der Waals surface area (Å²) in [7, 11) is 3.32. The van der Waals surface area contributed by atoms with Crippen LogP contribution < -0.4 is 5.32 Å². The van der Waals surface area contributed by atoms with Gasteiger partial charge < -0.3 is 14.6 Å². The Morgan fingerprint density at radius 1 is 1.33 bits per heavy atom. The van der Waals surface area contributed by atoms with Gasteiger partial charge in [0.2, 0.25) is 0 Å². The van der Waals surface area contributed by atoms with Gasteiger partial charge in [0.15, 0.2) is 0 Å². The molecule has 0 unspecified atom stereocenters. The number of aryl methyl sites for hydroxylation is 2. The lowest BCUT2D eigenvalue weighted by Crippen LogP contribution is -2.38. The Balaban J connectivity index is 2.00. The number of amides is 1. The van der Waals surface area contributed by atoms with Gasteiger partial charge in [-0.15, -0.1) is 0 Å². The maximum atomic E-state index is 13.9. The highest BCUT2D eigenvalue weighted by atomic mass is 79.9. The number of carbonyl (C=O) groups is 1. The summed E-state index contributed by atoms with van der Waals surface area (Å²) >= 11 is 3.17. The van der Waals surface area contributed by atoms with Crippen molar-refractivity contribution in [1.29, 1.82) is 0 Å². The number of ether oxygens (including phenoxy) is 1. The van der Waals surface area contributed by atoms with Crippen LogP contribution in [0.2, 0.25) is 0 Å². The maximum absolute atomic E-state index is 13.9. The number of hydrogen-bond acceptors (Lipinski definition) is 5. The van der Waals surface area contributed by atoms with Crippen LogP contribution in [-0.4, -0.2) is 38.6 Å². The summed E-state index contributed by atoms with van der Waals surface area (Å²) in [5, 5.41) is 2.90. The third-order valence-electron chi connectivity index (χ3n) is 4.38. The van der Waals surface area contributed by atoms with Gasteiger partial charge in [-0.05, 0) is 35.8 Å². The van der Waals surface area contributed by atoms with Crippen LogP contribution in [0.5, 0.6) is 0 Å². The zero-order valence-electron chi connectivity index (χ0n) is 15.3. The van der Waals surface area contributed by atoms with Crippen molar-refractivity contribution in [2.24, 2.45) is 7.05 Å². The molecule has 1 N–H and O–H groups in total. The molecule has 0 saturated carbocycles. The monoisotopic (exact) mass is 435 g/mol. The predicted octanol–water partition coefficient (Wildman–Crippen LogP) is 3.08. The van der Waals surface area contributed by atoms with Crippen LogP contribution in [0.25, 0.3) is 11.0 Å². The third-order valence-corrected chi connectivity index (χ3v) is 4.98. The lowest BCUT2D eigenvalue weighted by atomic mass is 10.1. The molecule has 142 valence electrons. The molecule has 1 amide bonds. The summed E-state index contributed by atoms with van der Waals surface area (Å²) in [6.45, 7) is 3.61. The van der Waals surface area contributed by atoms with Crippen LogP contribution >= 0.6 is 15.9 Å². The number of methoxy groups -OCH3 is 1. The van der Waals surface area contributed by atoms with E-state index >= 15 is 0 Å². The number of nitrogens with zero attached hydrogens (tertiary/aromatic N) is 4. The first kappa shape index (κ1) is 19.4. The average Bonchev–Trinajstić information content (AvgIpc) is 2.95. The molecule has 3 aromatic rings. The lowest BCUT2D eigenvalue weighted by Gasteiger charge is -2.23. The average molecular weight is 436 g/mol. The molecule has 2 aromatic heterocycles. The van der Waals surface area contributed by atoms with Crippen molar-refractivity contribution in [3.63, 3.8) is 0 Å². The SMILES string of the molecule is CO[C@H](C)[C@H](NC(=O)c1cnc(C)cn1)c1nc2cc(Br)c(F)cc2n1C.